The molecule has 2 aliphatic rings. The molecule has 5 heteroatoms. The minimum Gasteiger partial charge on any atom is -0.378 e. The van der Waals surface area contributed by atoms with E-state index in [1.807, 2.05) is 0 Å². The minimum atomic E-state index is 0.583. The predicted molar refractivity (Wildman–Crippen MR) is 71.4 cm³/mol. The Kier molecular flexibility index (Phi) is 3.06. The maximum Gasteiger partial charge on any atom is 0.123 e. The molecule has 1 aromatic heterocycles. The van der Waals surface area contributed by atoms with Gasteiger partial charge in [0.05, 0.1) is 18.8 Å². The van der Waals surface area contributed by atoms with Gasteiger partial charge < -0.3 is 14.6 Å². The van der Waals surface area contributed by atoms with Crippen molar-refractivity contribution in [3.63, 3.8) is 0 Å². The number of aromatic amines is 1. The zero-order chi connectivity index (χ0) is 12.5. The highest BCUT2D eigenvalue weighted by atomic mass is 32.1. The molecule has 0 atom stereocenters. The largest absolute Gasteiger partial charge is 0.378 e. The molecule has 18 heavy (non-hydrogen) atoms. The first kappa shape index (κ1) is 11.7. The maximum atomic E-state index is 9.21. The highest BCUT2D eigenvalue weighted by Gasteiger charge is 2.24. The number of H-pyrrole nitrogens is 1. The average Bonchev–Trinajstić information content (AvgIpc) is 2.88. The predicted octanol–water partition coefficient (Wildman–Crippen LogP) is 1.94. The van der Waals surface area contributed by atoms with Crippen molar-refractivity contribution in [2.75, 3.05) is 31.2 Å². The third-order valence-corrected chi connectivity index (χ3v) is 4.01. The number of rotatable bonds is 1. The van der Waals surface area contributed by atoms with E-state index in [0.717, 1.165) is 51.4 Å². The number of ether oxygens (including phenoxy) is 1. The van der Waals surface area contributed by atoms with Crippen LogP contribution in [0.2, 0.25) is 0 Å². The first-order valence-corrected chi connectivity index (χ1v) is 6.73. The number of hydrogen-bond acceptors (Lipinski definition) is 4. The maximum absolute atomic E-state index is 9.21. The molecule has 3 rings (SSSR count). The van der Waals surface area contributed by atoms with Crippen molar-refractivity contribution in [3.8, 4) is 6.07 Å². The SMILES string of the molecule is N#Cc1c2c(c(N3CCOCC3)[nH]c1=S)CCC2. The van der Waals surface area contributed by atoms with E-state index in [1.165, 1.54) is 11.1 Å². The Balaban J connectivity index is 2.11. The van der Waals surface area contributed by atoms with Gasteiger partial charge in [0.2, 0.25) is 0 Å². The molecule has 1 aromatic rings. The van der Waals surface area contributed by atoms with Crippen LogP contribution < -0.4 is 4.90 Å². The normalized spacial score (nSPS) is 18.5. The zero-order valence-electron chi connectivity index (χ0n) is 10.2. The Morgan fingerprint density at radius 1 is 1.22 bits per heavy atom. The Morgan fingerprint density at radius 2 is 1.94 bits per heavy atom. The number of fused-ring (bicyclic) bond motifs is 1. The average molecular weight is 261 g/mol. The summed E-state index contributed by atoms with van der Waals surface area (Å²) < 4.78 is 5.96. The van der Waals surface area contributed by atoms with Gasteiger partial charge in [-0.15, -0.1) is 0 Å². The van der Waals surface area contributed by atoms with Gasteiger partial charge in [0, 0.05) is 13.1 Å². The topological polar surface area (TPSA) is 52.1 Å². The molecular weight excluding hydrogens is 246 g/mol. The number of nitrogens with one attached hydrogen (secondary N) is 1. The number of pyridine rings is 1. The molecule has 0 aromatic carbocycles. The minimum absolute atomic E-state index is 0.583. The monoisotopic (exact) mass is 261 g/mol. The molecule has 0 bridgehead atoms. The van der Waals surface area contributed by atoms with E-state index >= 15 is 0 Å². The molecule has 94 valence electrons. The van der Waals surface area contributed by atoms with Crippen molar-refractivity contribution in [2.45, 2.75) is 19.3 Å². The lowest BCUT2D eigenvalue weighted by atomic mass is 10.1. The van der Waals surface area contributed by atoms with Gasteiger partial charge >= 0.3 is 0 Å². The first-order chi connectivity index (χ1) is 8.81. The molecule has 1 aliphatic carbocycles. The molecule has 4 nitrogen and oxygen atoms in total. The zero-order valence-corrected chi connectivity index (χ0v) is 11.0. The standard InChI is InChI=1S/C13H15N3OS/c14-8-11-9-2-1-3-10(9)12(15-13(11)18)16-4-6-17-7-5-16/h1-7H2,(H,15,18). The summed E-state index contributed by atoms with van der Waals surface area (Å²) in [6, 6.07) is 2.25. The second kappa shape index (κ2) is 4.71. The van der Waals surface area contributed by atoms with E-state index in [4.69, 9.17) is 17.0 Å². The van der Waals surface area contributed by atoms with E-state index < -0.39 is 0 Å². The van der Waals surface area contributed by atoms with Crippen LogP contribution in [0.15, 0.2) is 0 Å². The van der Waals surface area contributed by atoms with Crippen LogP contribution in [-0.2, 0) is 17.6 Å². The Hall–Kier alpha value is -1.38. The van der Waals surface area contributed by atoms with Crippen molar-refractivity contribution in [1.29, 1.82) is 5.26 Å². The summed E-state index contributed by atoms with van der Waals surface area (Å²) in [4.78, 5) is 5.56. The van der Waals surface area contributed by atoms with Crippen LogP contribution in [0.5, 0.6) is 0 Å². The molecule has 0 radical (unpaired) electrons. The fourth-order valence-electron chi connectivity index (χ4n) is 2.84. The van der Waals surface area contributed by atoms with Gasteiger partial charge in [0.25, 0.3) is 0 Å². The molecule has 1 fully saturated rings. The number of aromatic nitrogens is 1. The van der Waals surface area contributed by atoms with Gasteiger partial charge in [0.1, 0.15) is 16.5 Å². The van der Waals surface area contributed by atoms with Crippen LogP contribution in [0.25, 0.3) is 0 Å². The molecular formula is C13H15N3OS. The highest BCUT2D eigenvalue weighted by Crippen LogP contribution is 2.32. The number of nitriles is 1. The first-order valence-electron chi connectivity index (χ1n) is 6.32. The molecule has 1 saturated heterocycles. The molecule has 2 heterocycles. The van der Waals surface area contributed by atoms with Crippen molar-refractivity contribution < 1.29 is 4.74 Å². The van der Waals surface area contributed by atoms with E-state index in [2.05, 4.69) is 16.0 Å². The van der Waals surface area contributed by atoms with E-state index in [0.29, 0.717) is 10.2 Å². The lowest BCUT2D eigenvalue weighted by Gasteiger charge is -2.30. The lowest BCUT2D eigenvalue weighted by molar-refractivity contribution is 0.122. The van der Waals surface area contributed by atoms with Gasteiger partial charge in [-0.1, -0.05) is 12.2 Å². The smallest absolute Gasteiger partial charge is 0.123 e. The van der Waals surface area contributed by atoms with E-state index in [-0.39, 0.29) is 0 Å². The number of hydrogen-bond donors (Lipinski definition) is 1. The second-order valence-electron chi connectivity index (χ2n) is 4.70. The number of anilines is 1. The summed E-state index contributed by atoms with van der Waals surface area (Å²) in [7, 11) is 0. The summed E-state index contributed by atoms with van der Waals surface area (Å²) >= 11 is 5.31. The Bertz CT molecular complexity index is 567. The van der Waals surface area contributed by atoms with Crippen molar-refractivity contribution in [2.24, 2.45) is 0 Å². The summed E-state index contributed by atoms with van der Waals surface area (Å²) in [6.07, 6.45) is 3.14. The summed E-state index contributed by atoms with van der Waals surface area (Å²) in [6.45, 7) is 3.30. The molecule has 1 N–H and O–H groups in total. The quantitative estimate of drug-likeness (QED) is 0.785. The fourth-order valence-corrected chi connectivity index (χ4v) is 3.10. The summed E-state index contributed by atoms with van der Waals surface area (Å²) in [5.74, 6) is 1.12. The van der Waals surface area contributed by atoms with Crippen molar-refractivity contribution >= 4 is 18.0 Å². The Labute approximate surface area is 111 Å². The van der Waals surface area contributed by atoms with E-state index in [9.17, 15) is 5.26 Å². The van der Waals surface area contributed by atoms with Crippen LogP contribution in [-0.4, -0.2) is 31.3 Å². The van der Waals surface area contributed by atoms with Gasteiger partial charge in [-0.25, -0.2) is 0 Å². The van der Waals surface area contributed by atoms with Crippen LogP contribution in [0.4, 0.5) is 5.82 Å². The van der Waals surface area contributed by atoms with Crippen LogP contribution in [0.3, 0.4) is 0 Å². The van der Waals surface area contributed by atoms with Crippen molar-refractivity contribution in [1.82, 2.24) is 4.98 Å². The lowest BCUT2D eigenvalue weighted by Crippen LogP contribution is -2.37. The van der Waals surface area contributed by atoms with Crippen LogP contribution in [0.1, 0.15) is 23.1 Å². The fraction of sp³-hybridized carbons (Fsp3) is 0.538. The molecule has 0 unspecified atom stereocenters. The van der Waals surface area contributed by atoms with Crippen molar-refractivity contribution in [3.05, 3.63) is 21.3 Å². The van der Waals surface area contributed by atoms with E-state index in [1.54, 1.807) is 0 Å². The molecule has 0 saturated carbocycles. The highest BCUT2D eigenvalue weighted by molar-refractivity contribution is 7.71. The third kappa shape index (κ3) is 1.82. The Morgan fingerprint density at radius 3 is 2.67 bits per heavy atom. The number of morpholine rings is 1. The summed E-state index contributed by atoms with van der Waals surface area (Å²) in [5.41, 5.74) is 3.14. The molecule has 1 aliphatic heterocycles. The molecule has 0 amide bonds. The third-order valence-electron chi connectivity index (χ3n) is 3.70. The molecule has 0 spiro atoms. The van der Waals surface area contributed by atoms with Crippen LogP contribution >= 0.6 is 12.2 Å². The summed E-state index contributed by atoms with van der Waals surface area (Å²) in [5, 5.41) is 9.21. The van der Waals surface area contributed by atoms with Crippen LogP contribution in [0, 0.1) is 16.0 Å². The van der Waals surface area contributed by atoms with Gasteiger partial charge in [-0.3, -0.25) is 0 Å². The van der Waals surface area contributed by atoms with Gasteiger partial charge in [-0.2, -0.15) is 5.26 Å². The second-order valence-corrected chi connectivity index (χ2v) is 5.11. The van der Waals surface area contributed by atoms with Gasteiger partial charge in [-0.05, 0) is 30.4 Å². The number of nitrogens with zero attached hydrogens (tertiary/aromatic N) is 2. The van der Waals surface area contributed by atoms with Gasteiger partial charge in [0.15, 0.2) is 0 Å².